The average molecular weight is 384 g/mol. The van der Waals surface area contributed by atoms with Gasteiger partial charge in [-0.05, 0) is 25.1 Å². The Labute approximate surface area is 158 Å². The number of aromatic amines is 1. The summed E-state index contributed by atoms with van der Waals surface area (Å²) >= 11 is 1.27. The van der Waals surface area contributed by atoms with Gasteiger partial charge in [-0.3, -0.25) is 14.9 Å². The zero-order valence-corrected chi connectivity index (χ0v) is 15.1. The van der Waals surface area contributed by atoms with Gasteiger partial charge in [-0.2, -0.15) is 0 Å². The molecule has 0 saturated heterocycles. The monoisotopic (exact) mass is 384 g/mol. The summed E-state index contributed by atoms with van der Waals surface area (Å²) in [6.07, 6.45) is 0.404. The van der Waals surface area contributed by atoms with E-state index in [1.807, 2.05) is 12.1 Å². The Balaban J connectivity index is 1.47. The second-order valence-electron chi connectivity index (χ2n) is 6.00. The maximum Gasteiger partial charge on any atom is 0.271 e. The van der Waals surface area contributed by atoms with Crippen LogP contribution in [-0.2, 0) is 4.79 Å². The molecular weight excluding hydrogens is 368 g/mol. The summed E-state index contributed by atoms with van der Waals surface area (Å²) in [7, 11) is 0. The lowest BCUT2D eigenvalue weighted by Gasteiger charge is -2.30. The number of hydrogen-bond donors (Lipinski definition) is 3. The molecule has 1 aliphatic rings. The van der Waals surface area contributed by atoms with Crippen molar-refractivity contribution in [3.05, 3.63) is 47.6 Å². The van der Waals surface area contributed by atoms with Crippen molar-refractivity contribution in [1.82, 2.24) is 9.97 Å². The molecule has 4 rings (SSSR count). The van der Waals surface area contributed by atoms with Crippen LogP contribution in [0.4, 0.5) is 5.13 Å². The largest absolute Gasteiger partial charge is 0.482 e. The maximum atomic E-state index is 12.6. The van der Waals surface area contributed by atoms with Gasteiger partial charge in [-0.1, -0.05) is 12.1 Å². The first-order valence-electron chi connectivity index (χ1n) is 8.18. The van der Waals surface area contributed by atoms with Crippen LogP contribution in [-0.4, -0.2) is 34.0 Å². The molecule has 0 unspecified atom stereocenters. The summed E-state index contributed by atoms with van der Waals surface area (Å²) in [6.45, 7) is 1.78. The zero-order valence-electron chi connectivity index (χ0n) is 14.3. The normalized spacial score (nSPS) is 18.1. The van der Waals surface area contributed by atoms with Gasteiger partial charge in [0.2, 0.25) is 6.10 Å². The number of carbonyl (C=O) groups excluding carboxylic acids is 2. The molecular formula is C18H16N4O4S. The third kappa shape index (κ3) is 3.36. The number of carbonyl (C=O) groups is 2. The lowest BCUT2D eigenvalue weighted by atomic mass is 10.1. The number of fused-ring (bicyclic) bond motifs is 1. The highest BCUT2D eigenvalue weighted by Gasteiger charge is 2.34. The minimum atomic E-state index is -0.791. The first-order valence-corrected chi connectivity index (χ1v) is 9.06. The Morgan fingerprint density at radius 2 is 2.00 bits per heavy atom. The standard InChI is InChI=1S/C18H16N4O4S/c1-9-15(26-14-5-3-2-4-13(14)25-9)17(24)22-18-21-12(8-27-18)10-6-11(16(19)23)20-7-10/h2-9,15,20H,1H3,(H2,19,23)(H,21,22,24)/t9-,15+/m1/s1. The predicted molar refractivity (Wildman–Crippen MR) is 100.0 cm³/mol. The van der Waals surface area contributed by atoms with Crippen LogP contribution >= 0.6 is 11.3 Å². The molecule has 2 atom stereocenters. The Kier molecular flexibility index (Phi) is 4.28. The maximum absolute atomic E-state index is 12.6. The fraction of sp³-hybridized carbons (Fsp3) is 0.167. The molecule has 2 aromatic heterocycles. The fourth-order valence-corrected chi connectivity index (χ4v) is 3.45. The molecule has 3 heterocycles. The van der Waals surface area contributed by atoms with E-state index in [-0.39, 0.29) is 5.91 Å². The fourth-order valence-electron chi connectivity index (χ4n) is 2.73. The number of rotatable bonds is 4. The Morgan fingerprint density at radius 3 is 2.70 bits per heavy atom. The van der Waals surface area contributed by atoms with Gasteiger partial charge < -0.3 is 20.2 Å². The minimum Gasteiger partial charge on any atom is -0.482 e. The number of para-hydroxylation sites is 2. The van der Waals surface area contributed by atoms with E-state index in [4.69, 9.17) is 15.2 Å². The summed E-state index contributed by atoms with van der Waals surface area (Å²) in [6, 6.07) is 8.82. The Bertz CT molecular complexity index is 1010. The third-order valence-corrected chi connectivity index (χ3v) is 4.84. The number of amides is 2. The van der Waals surface area contributed by atoms with Crippen molar-refractivity contribution in [2.75, 3.05) is 5.32 Å². The first-order chi connectivity index (χ1) is 13.0. The van der Waals surface area contributed by atoms with Gasteiger partial charge in [0.25, 0.3) is 11.8 Å². The van der Waals surface area contributed by atoms with Crippen molar-refractivity contribution in [3.8, 4) is 22.8 Å². The Hall–Kier alpha value is -3.33. The number of primary amides is 1. The van der Waals surface area contributed by atoms with Crippen molar-refractivity contribution >= 4 is 28.3 Å². The molecule has 2 amide bonds. The highest BCUT2D eigenvalue weighted by molar-refractivity contribution is 7.14. The molecule has 138 valence electrons. The van der Waals surface area contributed by atoms with Crippen molar-refractivity contribution in [1.29, 1.82) is 0 Å². The zero-order chi connectivity index (χ0) is 19.0. The number of ether oxygens (including phenoxy) is 2. The summed E-state index contributed by atoms with van der Waals surface area (Å²) in [4.78, 5) is 31.0. The van der Waals surface area contributed by atoms with Gasteiger partial charge in [-0.25, -0.2) is 4.98 Å². The molecule has 27 heavy (non-hydrogen) atoms. The molecule has 0 bridgehead atoms. The van der Waals surface area contributed by atoms with Crippen LogP contribution in [0.2, 0.25) is 0 Å². The van der Waals surface area contributed by atoms with Crippen LogP contribution in [0.1, 0.15) is 17.4 Å². The summed E-state index contributed by atoms with van der Waals surface area (Å²) in [5, 5.41) is 4.96. The topological polar surface area (TPSA) is 119 Å². The number of nitrogens with one attached hydrogen (secondary N) is 2. The second kappa shape index (κ2) is 6.76. The number of aromatic nitrogens is 2. The van der Waals surface area contributed by atoms with E-state index in [9.17, 15) is 9.59 Å². The highest BCUT2D eigenvalue weighted by Crippen LogP contribution is 2.34. The number of anilines is 1. The molecule has 0 spiro atoms. The Morgan fingerprint density at radius 1 is 1.26 bits per heavy atom. The number of nitrogens with zero attached hydrogens (tertiary/aromatic N) is 1. The van der Waals surface area contributed by atoms with Gasteiger partial charge >= 0.3 is 0 Å². The van der Waals surface area contributed by atoms with E-state index in [1.54, 1.807) is 36.7 Å². The predicted octanol–water partition coefficient (Wildman–Crippen LogP) is 2.40. The smallest absolute Gasteiger partial charge is 0.271 e. The molecule has 9 heteroatoms. The summed E-state index contributed by atoms with van der Waals surface area (Å²) < 4.78 is 11.5. The number of hydrogen-bond acceptors (Lipinski definition) is 6. The van der Waals surface area contributed by atoms with Crippen LogP contribution in [0.15, 0.2) is 41.9 Å². The highest BCUT2D eigenvalue weighted by atomic mass is 32.1. The average Bonchev–Trinajstić information content (AvgIpc) is 3.30. The van der Waals surface area contributed by atoms with E-state index in [2.05, 4.69) is 15.3 Å². The van der Waals surface area contributed by atoms with Crippen molar-refractivity contribution < 1.29 is 19.1 Å². The summed E-state index contributed by atoms with van der Waals surface area (Å²) in [5.41, 5.74) is 6.86. The summed E-state index contributed by atoms with van der Waals surface area (Å²) in [5.74, 6) is 0.253. The number of thiazole rings is 1. The number of H-pyrrole nitrogens is 1. The van der Waals surface area contributed by atoms with Crippen LogP contribution < -0.4 is 20.5 Å². The molecule has 0 radical (unpaired) electrons. The van der Waals surface area contributed by atoms with Crippen LogP contribution in [0, 0.1) is 0 Å². The molecule has 3 aromatic rings. The minimum absolute atomic E-state index is 0.295. The molecule has 0 fully saturated rings. The third-order valence-electron chi connectivity index (χ3n) is 4.08. The van der Waals surface area contributed by atoms with E-state index >= 15 is 0 Å². The van der Waals surface area contributed by atoms with Crippen LogP contribution in [0.3, 0.4) is 0 Å². The van der Waals surface area contributed by atoms with Gasteiger partial charge in [-0.15, -0.1) is 11.3 Å². The first kappa shape index (κ1) is 17.1. The molecule has 0 aliphatic carbocycles. The molecule has 4 N–H and O–H groups in total. The lowest BCUT2D eigenvalue weighted by molar-refractivity contribution is -0.128. The molecule has 1 aromatic carbocycles. The van der Waals surface area contributed by atoms with E-state index in [0.29, 0.717) is 33.6 Å². The van der Waals surface area contributed by atoms with Crippen molar-refractivity contribution in [3.63, 3.8) is 0 Å². The van der Waals surface area contributed by atoms with Gasteiger partial charge in [0.05, 0.1) is 5.69 Å². The van der Waals surface area contributed by atoms with Gasteiger partial charge in [0, 0.05) is 17.1 Å². The quantitative estimate of drug-likeness (QED) is 0.638. The lowest BCUT2D eigenvalue weighted by Crippen LogP contribution is -2.46. The second-order valence-corrected chi connectivity index (χ2v) is 6.86. The SMILES string of the molecule is C[C@H]1Oc2ccccc2O[C@@H]1C(=O)Nc1nc(-c2c[nH]c(C(N)=O)c2)cs1. The van der Waals surface area contributed by atoms with E-state index in [1.165, 1.54) is 11.3 Å². The molecule has 8 nitrogen and oxygen atoms in total. The van der Waals surface area contributed by atoms with Crippen molar-refractivity contribution in [2.45, 2.75) is 19.1 Å². The van der Waals surface area contributed by atoms with E-state index in [0.717, 1.165) is 0 Å². The van der Waals surface area contributed by atoms with Crippen molar-refractivity contribution in [2.24, 2.45) is 5.73 Å². The molecule has 0 saturated carbocycles. The van der Waals surface area contributed by atoms with Gasteiger partial charge in [0.1, 0.15) is 11.8 Å². The number of nitrogens with two attached hydrogens (primary N) is 1. The van der Waals surface area contributed by atoms with Gasteiger partial charge in [0.15, 0.2) is 16.6 Å². The number of benzene rings is 1. The molecule has 1 aliphatic heterocycles. The van der Waals surface area contributed by atoms with Crippen LogP contribution in [0.25, 0.3) is 11.3 Å². The van der Waals surface area contributed by atoms with Crippen LogP contribution in [0.5, 0.6) is 11.5 Å². The van der Waals surface area contributed by atoms with E-state index < -0.39 is 18.1 Å².